The first-order chi connectivity index (χ1) is 11.4. The SMILES string of the molecule is Cc1cc(C=C[N+](=O)[O-])c(C)n1-c1sc2c(c1C(=O)O)CCCC2. The smallest absolute Gasteiger partial charge is 0.339 e. The van der Waals surface area contributed by atoms with Gasteiger partial charge in [0.1, 0.15) is 5.00 Å². The minimum absolute atomic E-state index is 0.390. The van der Waals surface area contributed by atoms with E-state index in [0.29, 0.717) is 10.6 Å². The predicted molar refractivity (Wildman–Crippen MR) is 92.7 cm³/mol. The summed E-state index contributed by atoms with van der Waals surface area (Å²) in [4.78, 5) is 23.1. The Morgan fingerprint density at radius 1 is 1.38 bits per heavy atom. The van der Waals surface area contributed by atoms with Crippen LogP contribution in [0, 0.1) is 24.0 Å². The zero-order valence-corrected chi connectivity index (χ0v) is 14.4. The number of thiophene rings is 1. The van der Waals surface area contributed by atoms with Gasteiger partial charge in [-0.25, -0.2) is 4.79 Å². The molecule has 3 rings (SSSR count). The van der Waals surface area contributed by atoms with E-state index in [1.807, 2.05) is 24.5 Å². The van der Waals surface area contributed by atoms with Crippen LogP contribution in [0.15, 0.2) is 12.3 Å². The Kier molecular flexibility index (Phi) is 4.28. The van der Waals surface area contributed by atoms with Crippen LogP contribution in [0.5, 0.6) is 0 Å². The van der Waals surface area contributed by atoms with E-state index in [-0.39, 0.29) is 0 Å². The molecule has 2 aromatic heterocycles. The molecule has 24 heavy (non-hydrogen) atoms. The molecule has 2 heterocycles. The van der Waals surface area contributed by atoms with Gasteiger partial charge in [0.25, 0.3) is 0 Å². The standard InChI is InChI=1S/C17H18N2O4S/c1-10-9-12(7-8-18(22)23)11(2)19(10)16-15(17(20)21)13-5-3-4-6-14(13)24-16/h7-9H,3-6H2,1-2H3,(H,20,21). The number of hydrogen-bond acceptors (Lipinski definition) is 4. The van der Waals surface area contributed by atoms with Gasteiger partial charge in [-0.05, 0) is 51.2 Å². The molecule has 0 bridgehead atoms. The summed E-state index contributed by atoms with van der Waals surface area (Å²) in [6, 6.07) is 1.85. The molecule has 0 unspecified atom stereocenters. The van der Waals surface area contributed by atoms with Crippen molar-refractivity contribution >= 4 is 23.4 Å². The number of aromatic nitrogens is 1. The first-order valence-corrected chi connectivity index (χ1v) is 8.60. The molecule has 7 heteroatoms. The molecule has 1 N–H and O–H groups in total. The largest absolute Gasteiger partial charge is 0.478 e. The molecule has 0 saturated heterocycles. The van der Waals surface area contributed by atoms with Gasteiger partial charge in [-0.15, -0.1) is 11.3 Å². The lowest BCUT2D eigenvalue weighted by Gasteiger charge is -2.11. The highest BCUT2D eigenvalue weighted by Gasteiger charge is 2.27. The van der Waals surface area contributed by atoms with Crippen LogP contribution in [0.3, 0.4) is 0 Å². The molecule has 0 fully saturated rings. The number of nitro groups is 1. The zero-order chi connectivity index (χ0) is 17.4. The molecular weight excluding hydrogens is 328 g/mol. The van der Waals surface area contributed by atoms with Crippen molar-refractivity contribution in [3.05, 3.63) is 55.3 Å². The molecule has 0 aromatic carbocycles. The number of hydrogen-bond donors (Lipinski definition) is 1. The van der Waals surface area contributed by atoms with E-state index >= 15 is 0 Å². The lowest BCUT2D eigenvalue weighted by molar-refractivity contribution is -0.400. The van der Waals surface area contributed by atoms with E-state index in [4.69, 9.17) is 0 Å². The number of aromatic carboxylic acids is 1. The second-order valence-electron chi connectivity index (χ2n) is 5.96. The van der Waals surface area contributed by atoms with E-state index in [1.54, 1.807) is 0 Å². The van der Waals surface area contributed by atoms with Crippen LogP contribution < -0.4 is 0 Å². The van der Waals surface area contributed by atoms with Crippen LogP contribution in [-0.4, -0.2) is 20.6 Å². The van der Waals surface area contributed by atoms with Gasteiger partial charge in [0.05, 0.1) is 10.5 Å². The van der Waals surface area contributed by atoms with Gasteiger partial charge < -0.3 is 9.67 Å². The minimum Gasteiger partial charge on any atom is -0.478 e. The summed E-state index contributed by atoms with van der Waals surface area (Å²) in [5.74, 6) is -0.903. The van der Waals surface area contributed by atoms with Crippen molar-refractivity contribution in [2.75, 3.05) is 0 Å². The third kappa shape index (κ3) is 2.75. The van der Waals surface area contributed by atoms with Gasteiger partial charge in [-0.2, -0.15) is 0 Å². The highest BCUT2D eigenvalue weighted by atomic mass is 32.1. The fourth-order valence-corrected chi connectivity index (χ4v) is 4.83. The first-order valence-electron chi connectivity index (χ1n) is 7.79. The zero-order valence-electron chi connectivity index (χ0n) is 13.5. The Hall–Kier alpha value is -2.41. The van der Waals surface area contributed by atoms with Gasteiger partial charge in [0.15, 0.2) is 0 Å². The Labute approximate surface area is 143 Å². The van der Waals surface area contributed by atoms with E-state index in [0.717, 1.165) is 59.3 Å². The quantitative estimate of drug-likeness (QED) is 0.670. The first kappa shape index (κ1) is 16.4. The average Bonchev–Trinajstić information content (AvgIpc) is 3.02. The van der Waals surface area contributed by atoms with Crippen molar-refractivity contribution < 1.29 is 14.8 Å². The molecular formula is C17H18N2O4S. The Morgan fingerprint density at radius 3 is 2.75 bits per heavy atom. The highest BCUT2D eigenvalue weighted by Crippen LogP contribution is 2.38. The van der Waals surface area contributed by atoms with Gasteiger partial charge in [-0.3, -0.25) is 10.1 Å². The highest BCUT2D eigenvalue weighted by molar-refractivity contribution is 7.15. The normalized spacial score (nSPS) is 14.1. The molecule has 0 saturated carbocycles. The van der Waals surface area contributed by atoms with E-state index < -0.39 is 10.9 Å². The average molecular weight is 346 g/mol. The number of nitrogens with zero attached hydrogens (tertiary/aromatic N) is 2. The van der Waals surface area contributed by atoms with Crippen molar-refractivity contribution in [3.8, 4) is 5.00 Å². The predicted octanol–water partition coefficient (Wildman–Crippen LogP) is 3.98. The van der Waals surface area contributed by atoms with Gasteiger partial charge in [0, 0.05) is 27.9 Å². The second-order valence-corrected chi connectivity index (χ2v) is 7.04. The van der Waals surface area contributed by atoms with Crippen molar-refractivity contribution in [1.82, 2.24) is 4.57 Å². The molecule has 1 aliphatic carbocycles. The summed E-state index contributed by atoms with van der Waals surface area (Å²) >= 11 is 1.53. The molecule has 126 valence electrons. The fraction of sp³-hybridized carbons (Fsp3) is 0.353. The summed E-state index contributed by atoms with van der Waals surface area (Å²) in [7, 11) is 0. The van der Waals surface area contributed by atoms with Gasteiger partial charge >= 0.3 is 5.97 Å². The Morgan fingerprint density at radius 2 is 2.08 bits per heavy atom. The number of carboxylic acid groups (broad SMARTS) is 1. The van der Waals surface area contributed by atoms with Crippen molar-refractivity contribution in [3.63, 3.8) is 0 Å². The van der Waals surface area contributed by atoms with Gasteiger partial charge in [-0.1, -0.05) is 0 Å². The van der Waals surface area contributed by atoms with Crippen LogP contribution >= 0.6 is 11.3 Å². The lowest BCUT2D eigenvalue weighted by Crippen LogP contribution is -2.09. The maximum atomic E-state index is 11.9. The molecule has 0 spiro atoms. The van der Waals surface area contributed by atoms with Crippen LogP contribution in [0.1, 0.15) is 50.6 Å². The Balaban J connectivity index is 2.18. The van der Waals surface area contributed by atoms with Crippen LogP contribution in [0.2, 0.25) is 0 Å². The third-order valence-corrected chi connectivity index (χ3v) is 5.69. The second kappa shape index (κ2) is 6.24. The molecule has 6 nitrogen and oxygen atoms in total. The van der Waals surface area contributed by atoms with E-state index in [2.05, 4.69) is 0 Å². The van der Waals surface area contributed by atoms with E-state index in [1.165, 1.54) is 17.4 Å². The molecule has 1 aliphatic rings. The number of fused-ring (bicyclic) bond motifs is 1. The molecule has 0 amide bonds. The molecule has 0 radical (unpaired) electrons. The van der Waals surface area contributed by atoms with Crippen LogP contribution in [-0.2, 0) is 12.8 Å². The van der Waals surface area contributed by atoms with Crippen molar-refractivity contribution in [1.29, 1.82) is 0 Å². The molecule has 0 atom stereocenters. The van der Waals surface area contributed by atoms with E-state index in [9.17, 15) is 20.0 Å². The summed E-state index contributed by atoms with van der Waals surface area (Å²) in [6.45, 7) is 3.75. The van der Waals surface area contributed by atoms with Crippen molar-refractivity contribution in [2.45, 2.75) is 39.5 Å². The fourth-order valence-electron chi connectivity index (χ4n) is 3.34. The number of carbonyl (C=O) groups is 1. The summed E-state index contributed by atoms with van der Waals surface area (Å²) in [5.41, 5.74) is 3.76. The number of rotatable bonds is 4. The minimum atomic E-state index is -0.903. The monoisotopic (exact) mass is 346 g/mol. The van der Waals surface area contributed by atoms with Crippen molar-refractivity contribution in [2.24, 2.45) is 0 Å². The summed E-state index contributed by atoms with van der Waals surface area (Å²) < 4.78 is 1.91. The Bertz CT molecular complexity index is 861. The third-order valence-electron chi connectivity index (χ3n) is 4.42. The molecule has 2 aromatic rings. The van der Waals surface area contributed by atoms with Crippen LogP contribution in [0.25, 0.3) is 11.1 Å². The number of carboxylic acids is 1. The van der Waals surface area contributed by atoms with Crippen LogP contribution in [0.4, 0.5) is 0 Å². The summed E-state index contributed by atoms with van der Waals surface area (Å²) in [6.07, 6.45) is 6.20. The number of aryl methyl sites for hydroxylation is 2. The molecule has 0 aliphatic heterocycles. The van der Waals surface area contributed by atoms with Gasteiger partial charge in [0.2, 0.25) is 6.20 Å². The maximum absolute atomic E-state index is 11.9. The maximum Gasteiger partial charge on any atom is 0.339 e. The lowest BCUT2D eigenvalue weighted by atomic mass is 9.95. The summed E-state index contributed by atoms with van der Waals surface area (Å²) in [5, 5.41) is 21.0. The topological polar surface area (TPSA) is 85.4 Å².